The van der Waals surface area contributed by atoms with Crippen molar-refractivity contribution < 1.29 is 14.3 Å². The predicted molar refractivity (Wildman–Crippen MR) is 133 cm³/mol. The molecule has 2 atom stereocenters. The van der Waals surface area contributed by atoms with Crippen molar-refractivity contribution in [2.75, 3.05) is 0 Å². The Morgan fingerprint density at radius 2 is 2.18 bits per heavy atom. The van der Waals surface area contributed by atoms with Gasteiger partial charge in [0.2, 0.25) is 0 Å². The smallest absolute Gasteiger partial charge is 0.161 e. The first-order valence-electron chi connectivity index (χ1n) is 12.7. The van der Waals surface area contributed by atoms with Gasteiger partial charge >= 0.3 is 0 Å². The van der Waals surface area contributed by atoms with Crippen LogP contribution in [-0.2, 0) is 26.4 Å². The van der Waals surface area contributed by atoms with Crippen molar-refractivity contribution >= 4 is 5.78 Å². The Morgan fingerprint density at radius 1 is 1.33 bits per heavy atom. The molecule has 0 saturated heterocycles. The van der Waals surface area contributed by atoms with Gasteiger partial charge < -0.3 is 14.0 Å². The molecule has 1 spiro atoms. The molecule has 4 heteroatoms. The summed E-state index contributed by atoms with van der Waals surface area (Å²) in [6.07, 6.45) is 17.9. The summed E-state index contributed by atoms with van der Waals surface area (Å²) in [5.41, 5.74) is 3.11. The van der Waals surface area contributed by atoms with Crippen LogP contribution >= 0.6 is 0 Å². The van der Waals surface area contributed by atoms with Gasteiger partial charge in [0.15, 0.2) is 5.78 Å². The number of nitrogens with zero attached hydrogens (tertiary/aromatic N) is 1. The third-order valence-corrected chi connectivity index (χ3v) is 7.16. The molecule has 1 saturated carbocycles. The molecule has 2 aliphatic carbocycles. The first kappa shape index (κ1) is 23.7. The summed E-state index contributed by atoms with van der Waals surface area (Å²) in [6, 6.07) is 4.33. The van der Waals surface area contributed by atoms with Crippen LogP contribution in [0, 0.1) is 5.92 Å². The molecule has 4 rings (SSSR count). The number of hydrogen-bond acceptors (Lipinski definition) is 3. The van der Waals surface area contributed by atoms with E-state index in [1.165, 1.54) is 11.3 Å². The summed E-state index contributed by atoms with van der Waals surface area (Å²) in [4.78, 5) is 13.5. The molecule has 0 aromatic carbocycles. The fourth-order valence-electron chi connectivity index (χ4n) is 5.53. The minimum Gasteiger partial charge on any atom is -0.495 e. The van der Waals surface area contributed by atoms with Crippen molar-refractivity contribution in [3.8, 4) is 0 Å². The fraction of sp³-hybridized carbons (Fsp3) is 0.552. The number of ketones is 1. The van der Waals surface area contributed by atoms with Crippen LogP contribution in [0.15, 0.2) is 65.3 Å². The second-order valence-corrected chi connectivity index (χ2v) is 10.1. The van der Waals surface area contributed by atoms with Crippen LogP contribution in [0.4, 0.5) is 0 Å². The SMILES string of the molecule is CCC=CC=C1Cn2cccc2C2(CCCC(C(=O)C3=CCC(OC(C)C)=C(C)C3)CC2)O1. The quantitative estimate of drug-likeness (QED) is 0.464. The topological polar surface area (TPSA) is 40.5 Å². The van der Waals surface area contributed by atoms with Crippen molar-refractivity contribution in [1.82, 2.24) is 4.57 Å². The van der Waals surface area contributed by atoms with Crippen molar-refractivity contribution in [2.45, 2.75) is 97.3 Å². The third-order valence-electron chi connectivity index (χ3n) is 7.16. The van der Waals surface area contributed by atoms with Crippen LogP contribution < -0.4 is 0 Å². The maximum Gasteiger partial charge on any atom is 0.161 e. The molecule has 0 bridgehead atoms. The lowest BCUT2D eigenvalue weighted by Crippen LogP contribution is -2.36. The van der Waals surface area contributed by atoms with E-state index in [9.17, 15) is 4.79 Å². The minimum atomic E-state index is -0.322. The van der Waals surface area contributed by atoms with E-state index >= 15 is 0 Å². The predicted octanol–water partition coefficient (Wildman–Crippen LogP) is 7.13. The van der Waals surface area contributed by atoms with Gasteiger partial charge in [-0.1, -0.05) is 25.2 Å². The molecule has 0 radical (unpaired) electrons. The third kappa shape index (κ3) is 5.20. The summed E-state index contributed by atoms with van der Waals surface area (Å²) < 4.78 is 15.0. The van der Waals surface area contributed by atoms with Gasteiger partial charge in [0.1, 0.15) is 11.4 Å². The van der Waals surface area contributed by atoms with Crippen LogP contribution in [-0.4, -0.2) is 16.5 Å². The zero-order chi connectivity index (χ0) is 23.4. The molecule has 0 N–H and O–H groups in total. The fourth-order valence-corrected chi connectivity index (χ4v) is 5.53. The van der Waals surface area contributed by atoms with Gasteiger partial charge in [-0.2, -0.15) is 0 Å². The Morgan fingerprint density at radius 3 is 2.94 bits per heavy atom. The number of allylic oxidation sites excluding steroid dienone is 7. The largest absolute Gasteiger partial charge is 0.495 e. The molecule has 1 aromatic rings. The number of Topliss-reactive ketones (excluding diaryl/α,β-unsaturated/α-hetero) is 1. The lowest BCUT2D eigenvalue weighted by Gasteiger charge is -2.40. The highest BCUT2D eigenvalue weighted by molar-refractivity contribution is 5.97. The van der Waals surface area contributed by atoms with Crippen molar-refractivity contribution in [3.63, 3.8) is 0 Å². The van der Waals surface area contributed by atoms with Gasteiger partial charge in [-0.05, 0) is 95.1 Å². The van der Waals surface area contributed by atoms with Crippen LogP contribution in [0.25, 0.3) is 0 Å². The monoisotopic (exact) mass is 449 g/mol. The Hall–Kier alpha value is -2.49. The lowest BCUT2D eigenvalue weighted by molar-refractivity contribution is -0.119. The zero-order valence-corrected chi connectivity index (χ0v) is 20.7. The van der Waals surface area contributed by atoms with Gasteiger partial charge in [0.05, 0.1) is 24.1 Å². The van der Waals surface area contributed by atoms with E-state index in [2.05, 4.69) is 74.9 Å². The molecular weight excluding hydrogens is 410 g/mol. The number of carbonyl (C=O) groups excluding carboxylic acids is 1. The van der Waals surface area contributed by atoms with Gasteiger partial charge in [-0.25, -0.2) is 0 Å². The van der Waals surface area contributed by atoms with Crippen LogP contribution in [0.2, 0.25) is 0 Å². The highest BCUT2D eigenvalue weighted by atomic mass is 16.5. The Kier molecular flexibility index (Phi) is 7.31. The maximum absolute atomic E-state index is 13.5. The molecule has 4 nitrogen and oxygen atoms in total. The molecule has 0 amide bonds. The summed E-state index contributed by atoms with van der Waals surface area (Å²) in [5.74, 6) is 2.47. The van der Waals surface area contributed by atoms with Gasteiger partial charge in [0.25, 0.3) is 0 Å². The lowest BCUT2D eigenvalue weighted by atomic mass is 9.84. The number of hydrogen-bond donors (Lipinski definition) is 0. The van der Waals surface area contributed by atoms with Crippen LogP contribution in [0.3, 0.4) is 0 Å². The van der Waals surface area contributed by atoms with E-state index in [0.29, 0.717) is 5.78 Å². The first-order chi connectivity index (χ1) is 15.9. The molecule has 33 heavy (non-hydrogen) atoms. The number of carbonyl (C=O) groups is 1. The molecule has 1 aliphatic heterocycles. The molecule has 2 unspecified atom stereocenters. The first-order valence-corrected chi connectivity index (χ1v) is 12.7. The Bertz CT molecular complexity index is 990. The Labute approximate surface area is 199 Å². The molecular formula is C29H39NO3. The van der Waals surface area contributed by atoms with Crippen molar-refractivity contribution in [2.24, 2.45) is 5.92 Å². The molecule has 1 fully saturated rings. The number of rotatable bonds is 6. The summed E-state index contributed by atoms with van der Waals surface area (Å²) in [6.45, 7) is 9.12. The average Bonchev–Trinajstić information content (AvgIpc) is 3.17. The zero-order valence-electron chi connectivity index (χ0n) is 20.7. The minimum absolute atomic E-state index is 0.0809. The van der Waals surface area contributed by atoms with Gasteiger partial charge in [-0.15, -0.1) is 0 Å². The highest BCUT2D eigenvalue weighted by Gasteiger charge is 2.43. The average molecular weight is 450 g/mol. The highest BCUT2D eigenvalue weighted by Crippen LogP contribution is 2.46. The summed E-state index contributed by atoms with van der Waals surface area (Å²) in [5, 5.41) is 0. The number of aromatic nitrogens is 1. The second kappa shape index (κ2) is 10.2. The van der Waals surface area contributed by atoms with E-state index in [1.807, 2.05) is 0 Å². The number of fused-ring (bicyclic) bond motifs is 2. The standard InChI is InChI=1S/C29H39NO3/c1-5-6-7-11-25-20-30-18-9-12-27(30)29(33-25)16-8-10-23(15-17-29)28(31)24-13-14-26(22(4)19-24)32-21(2)3/h6-7,9,11-13,18,21,23H,5,8,10,14-17,19-20H2,1-4H3. The summed E-state index contributed by atoms with van der Waals surface area (Å²) >= 11 is 0. The Balaban J connectivity index is 1.47. The molecule has 2 heterocycles. The second-order valence-electron chi connectivity index (χ2n) is 10.1. The van der Waals surface area contributed by atoms with Crippen molar-refractivity contribution in [3.05, 3.63) is 71.0 Å². The van der Waals surface area contributed by atoms with Gasteiger partial charge in [0, 0.05) is 18.5 Å². The maximum atomic E-state index is 13.5. The van der Waals surface area contributed by atoms with E-state index in [1.54, 1.807) is 0 Å². The van der Waals surface area contributed by atoms with Crippen LogP contribution in [0.1, 0.15) is 84.8 Å². The van der Waals surface area contributed by atoms with E-state index in [4.69, 9.17) is 9.47 Å². The van der Waals surface area contributed by atoms with E-state index in [0.717, 1.165) is 75.0 Å². The van der Waals surface area contributed by atoms with Crippen LogP contribution in [0.5, 0.6) is 0 Å². The van der Waals surface area contributed by atoms with Gasteiger partial charge in [-0.3, -0.25) is 4.79 Å². The van der Waals surface area contributed by atoms with Crippen molar-refractivity contribution in [1.29, 1.82) is 0 Å². The molecule has 178 valence electrons. The molecule has 1 aromatic heterocycles. The molecule has 3 aliphatic rings. The number of ether oxygens (including phenoxy) is 2. The van der Waals surface area contributed by atoms with E-state index < -0.39 is 0 Å². The van der Waals surface area contributed by atoms with E-state index in [-0.39, 0.29) is 17.6 Å². The summed E-state index contributed by atoms with van der Waals surface area (Å²) in [7, 11) is 0. The normalized spacial score (nSPS) is 27.0.